The summed E-state index contributed by atoms with van der Waals surface area (Å²) >= 11 is 0. The Labute approximate surface area is 125 Å². The van der Waals surface area contributed by atoms with E-state index in [1.807, 2.05) is 29.2 Å². The van der Waals surface area contributed by atoms with Crippen LogP contribution >= 0.6 is 0 Å². The van der Waals surface area contributed by atoms with Crippen LogP contribution in [0.15, 0.2) is 24.3 Å². The van der Waals surface area contributed by atoms with Crippen LogP contribution < -0.4 is 15.0 Å². The molecule has 0 unspecified atom stereocenters. The van der Waals surface area contributed by atoms with Crippen molar-refractivity contribution in [1.29, 1.82) is 0 Å². The molecule has 114 valence electrons. The Kier molecular flexibility index (Phi) is 4.60. The number of hydrogen-bond acceptors (Lipinski definition) is 4. The van der Waals surface area contributed by atoms with Crippen molar-refractivity contribution < 1.29 is 9.53 Å². The monoisotopic (exact) mass is 289 g/mol. The van der Waals surface area contributed by atoms with E-state index >= 15 is 0 Å². The van der Waals surface area contributed by atoms with E-state index in [0.29, 0.717) is 6.54 Å². The molecule has 0 bridgehead atoms. The first kappa shape index (κ1) is 14.2. The van der Waals surface area contributed by atoms with Crippen LogP contribution in [-0.4, -0.2) is 56.7 Å². The Morgan fingerprint density at radius 1 is 1.14 bits per heavy atom. The van der Waals surface area contributed by atoms with Gasteiger partial charge in [-0.1, -0.05) is 12.1 Å². The average Bonchev–Trinajstić information content (AvgIpc) is 2.89. The van der Waals surface area contributed by atoms with Crippen LogP contribution in [0.25, 0.3) is 0 Å². The number of fused-ring (bicyclic) bond motifs is 1. The quantitative estimate of drug-likeness (QED) is 0.885. The van der Waals surface area contributed by atoms with Crippen molar-refractivity contribution in [2.24, 2.45) is 0 Å². The van der Waals surface area contributed by atoms with Gasteiger partial charge in [0.25, 0.3) is 0 Å². The van der Waals surface area contributed by atoms with E-state index in [9.17, 15) is 4.79 Å². The van der Waals surface area contributed by atoms with E-state index in [1.165, 1.54) is 0 Å². The second-order valence-electron chi connectivity index (χ2n) is 5.58. The molecular weight excluding hydrogens is 266 g/mol. The number of nitrogens with zero attached hydrogens (tertiary/aromatic N) is 2. The number of carbonyl (C=O) groups is 1. The van der Waals surface area contributed by atoms with E-state index in [4.69, 9.17) is 4.74 Å². The number of nitrogens with one attached hydrogen (secondary N) is 1. The second-order valence-corrected chi connectivity index (χ2v) is 5.58. The third kappa shape index (κ3) is 3.47. The lowest BCUT2D eigenvalue weighted by Crippen LogP contribution is -2.42. The van der Waals surface area contributed by atoms with Gasteiger partial charge in [-0.2, -0.15) is 0 Å². The zero-order valence-corrected chi connectivity index (χ0v) is 12.4. The Bertz CT molecular complexity index is 484. The Morgan fingerprint density at radius 3 is 3.00 bits per heavy atom. The summed E-state index contributed by atoms with van der Waals surface area (Å²) in [6.45, 7) is 5.60. The SMILES string of the molecule is O=C(CN1CCCOc2ccccc21)N1CCCNCC1. The van der Waals surface area contributed by atoms with Crippen molar-refractivity contribution in [2.45, 2.75) is 12.8 Å². The molecule has 0 spiro atoms. The highest BCUT2D eigenvalue weighted by atomic mass is 16.5. The molecule has 0 saturated carbocycles. The van der Waals surface area contributed by atoms with E-state index in [-0.39, 0.29) is 5.91 Å². The maximum atomic E-state index is 12.6. The van der Waals surface area contributed by atoms with Crippen molar-refractivity contribution in [2.75, 3.05) is 50.8 Å². The predicted molar refractivity (Wildman–Crippen MR) is 82.8 cm³/mol. The van der Waals surface area contributed by atoms with Crippen LogP contribution in [0.5, 0.6) is 5.75 Å². The number of ether oxygens (including phenoxy) is 1. The van der Waals surface area contributed by atoms with Crippen molar-refractivity contribution in [3.63, 3.8) is 0 Å². The zero-order valence-electron chi connectivity index (χ0n) is 12.4. The number of anilines is 1. The molecule has 1 aromatic rings. The van der Waals surface area contributed by atoms with E-state index in [1.54, 1.807) is 0 Å². The summed E-state index contributed by atoms with van der Waals surface area (Å²) in [5.41, 5.74) is 1.04. The highest BCUT2D eigenvalue weighted by molar-refractivity contribution is 5.82. The number of hydrogen-bond donors (Lipinski definition) is 1. The summed E-state index contributed by atoms with van der Waals surface area (Å²) in [5, 5.41) is 3.33. The third-order valence-corrected chi connectivity index (χ3v) is 4.05. The molecule has 21 heavy (non-hydrogen) atoms. The number of amides is 1. The third-order valence-electron chi connectivity index (χ3n) is 4.05. The minimum Gasteiger partial charge on any atom is -0.491 e. The van der Waals surface area contributed by atoms with E-state index < -0.39 is 0 Å². The molecule has 1 saturated heterocycles. The van der Waals surface area contributed by atoms with Crippen LogP contribution in [0.1, 0.15) is 12.8 Å². The molecule has 5 heteroatoms. The highest BCUT2D eigenvalue weighted by Crippen LogP contribution is 2.30. The first-order chi connectivity index (χ1) is 10.3. The van der Waals surface area contributed by atoms with Crippen LogP contribution in [-0.2, 0) is 4.79 Å². The number of benzene rings is 1. The largest absolute Gasteiger partial charge is 0.491 e. The van der Waals surface area contributed by atoms with Gasteiger partial charge in [0.2, 0.25) is 5.91 Å². The van der Waals surface area contributed by atoms with Crippen LogP contribution in [0.2, 0.25) is 0 Å². The van der Waals surface area contributed by atoms with Gasteiger partial charge in [0.15, 0.2) is 0 Å². The van der Waals surface area contributed by atoms with Gasteiger partial charge < -0.3 is 19.9 Å². The molecule has 0 aromatic heterocycles. The van der Waals surface area contributed by atoms with Crippen LogP contribution in [0, 0.1) is 0 Å². The van der Waals surface area contributed by atoms with Crippen LogP contribution in [0.4, 0.5) is 5.69 Å². The standard InChI is InChI=1S/C16H23N3O2/c20-16(18-9-3-7-17-8-11-18)13-19-10-4-12-21-15-6-2-1-5-14(15)19/h1-2,5-6,17H,3-4,7-13H2. The lowest BCUT2D eigenvalue weighted by atomic mass is 10.2. The lowest BCUT2D eigenvalue weighted by molar-refractivity contribution is -0.129. The van der Waals surface area contributed by atoms with Gasteiger partial charge in [0, 0.05) is 26.2 Å². The maximum absolute atomic E-state index is 12.6. The van der Waals surface area contributed by atoms with Crippen molar-refractivity contribution in [3.8, 4) is 5.75 Å². The van der Waals surface area contributed by atoms with Gasteiger partial charge >= 0.3 is 0 Å². The Hall–Kier alpha value is -1.75. The Balaban J connectivity index is 1.70. The smallest absolute Gasteiger partial charge is 0.242 e. The molecule has 0 aliphatic carbocycles. The van der Waals surface area contributed by atoms with Gasteiger partial charge in [-0.3, -0.25) is 4.79 Å². The number of carbonyl (C=O) groups excluding carboxylic acids is 1. The second kappa shape index (κ2) is 6.80. The summed E-state index contributed by atoms with van der Waals surface area (Å²) in [7, 11) is 0. The van der Waals surface area contributed by atoms with Crippen molar-refractivity contribution in [3.05, 3.63) is 24.3 Å². The summed E-state index contributed by atoms with van der Waals surface area (Å²) in [6.07, 6.45) is 1.98. The molecule has 1 fully saturated rings. The Morgan fingerprint density at radius 2 is 2.05 bits per heavy atom. The van der Waals surface area contributed by atoms with Crippen molar-refractivity contribution in [1.82, 2.24) is 10.2 Å². The van der Waals surface area contributed by atoms with Crippen LogP contribution in [0.3, 0.4) is 0 Å². The molecule has 0 radical (unpaired) electrons. The van der Waals surface area contributed by atoms with Gasteiger partial charge in [0.1, 0.15) is 5.75 Å². The molecule has 1 N–H and O–H groups in total. The summed E-state index contributed by atoms with van der Waals surface area (Å²) in [5.74, 6) is 1.11. The van der Waals surface area contributed by atoms with E-state index in [0.717, 1.165) is 63.6 Å². The first-order valence-corrected chi connectivity index (χ1v) is 7.80. The molecule has 1 aromatic carbocycles. The maximum Gasteiger partial charge on any atom is 0.242 e. The first-order valence-electron chi connectivity index (χ1n) is 7.80. The van der Waals surface area contributed by atoms with Gasteiger partial charge in [-0.05, 0) is 31.5 Å². The molecule has 5 nitrogen and oxygen atoms in total. The van der Waals surface area contributed by atoms with Gasteiger partial charge in [-0.25, -0.2) is 0 Å². The normalized spacial score (nSPS) is 19.2. The minimum atomic E-state index is 0.218. The molecule has 3 rings (SSSR count). The molecule has 2 heterocycles. The average molecular weight is 289 g/mol. The molecular formula is C16H23N3O2. The topological polar surface area (TPSA) is 44.8 Å². The fourth-order valence-corrected chi connectivity index (χ4v) is 2.92. The minimum absolute atomic E-state index is 0.218. The highest BCUT2D eigenvalue weighted by Gasteiger charge is 2.22. The lowest BCUT2D eigenvalue weighted by Gasteiger charge is -2.27. The molecule has 0 atom stereocenters. The molecule has 1 amide bonds. The molecule has 2 aliphatic heterocycles. The summed E-state index contributed by atoms with van der Waals surface area (Å²) < 4.78 is 5.75. The van der Waals surface area contributed by atoms with Crippen molar-refractivity contribution >= 4 is 11.6 Å². The fraction of sp³-hybridized carbons (Fsp3) is 0.562. The zero-order chi connectivity index (χ0) is 14.5. The summed E-state index contributed by atoms with van der Waals surface area (Å²) in [4.78, 5) is 16.7. The van der Waals surface area contributed by atoms with E-state index in [2.05, 4.69) is 10.2 Å². The number of para-hydroxylation sites is 2. The number of rotatable bonds is 2. The summed E-state index contributed by atoms with van der Waals surface area (Å²) in [6, 6.07) is 8.00. The predicted octanol–water partition coefficient (Wildman–Crippen LogP) is 1.10. The fourth-order valence-electron chi connectivity index (χ4n) is 2.92. The van der Waals surface area contributed by atoms with Gasteiger partial charge in [-0.15, -0.1) is 0 Å². The van der Waals surface area contributed by atoms with Gasteiger partial charge in [0.05, 0.1) is 18.8 Å². The molecule has 2 aliphatic rings.